The number of hydrogen-bond donors (Lipinski definition) is 5. The van der Waals surface area contributed by atoms with Crippen molar-refractivity contribution in [3.05, 3.63) is 15.1 Å². The summed E-state index contributed by atoms with van der Waals surface area (Å²) in [7, 11) is -2.05. The molecule has 19 heteroatoms. The monoisotopic (exact) mass is 903 g/mol. The molecule has 12 atom stereocenters. The average molecular weight is 905 g/mol. The summed E-state index contributed by atoms with van der Waals surface area (Å²) in [5.74, 6) is 4.51. The van der Waals surface area contributed by atoms with Gasteiger partial charge < -0.3 is 5.32 Å². The van der Waals surface area contributed by atoms with Crippen LogP contribution in [0.4, 0.5) is 10.7 Å². The number of halogens is 1. The quantitative estimate of drug-likeness (QED) is 0.0447. The molecule has 58 heavy (non-hydrogen) atoms. The minimum absolute atomic E-state index is 0.00920. The number of aromatic amines is 1. The molecule has 9 unspecified atom stereocenters. The number of alkyl carbamates (subject to hydrolysis) is 1. The molecule has 2 fully saturated rings. The first-order chi connectivity index (χ1) is 27.3. The van der Waals surface area contributed by atoms with E-state index < -0.39 is 44.0 Å². The first-order valence-electron chi connectivity index (χ1n) is 21.3. The van der Waals surface area contributed by atoms with Crippen molar-refractivity contribution in [3.63, 3.8) is 0 Å². The number of fused-ring (bicyclic) bond motifs is 2. The van der Waals surface area contributed by atoms with E-state index in [0.717, 1.165) is 6.54 Å². The van der Waals surface area contributed by atoms with Gasteiger partial charge in [-0.25, -0.2) is 0 Å². The van der Waals surface area contributed by atoms with Gasteiger partial charge in [-0.1, -0.05) is 82.1 Å². The zero-order chi connectivity index (χ0) is 43.1. The van der Waals surface area contributed by atoms with E-state index in [1.54, 1.807) is 0 Å². The van der Waals surface area contributed by atoms with Crippen LogP contribution in [-0.2, 0) is 28.0 Å². The summed E-state index contributed by atoms with van der Waals surface area (Å²) >= 11 is 3.37. The zero-order valence-corrected chi connectivity index (χ0v) is 39.4. The van der Waals surface area contributed by atoms with E-state index in [0.29, 0.717) is 67.2 Å². The van der Waals surface area contributed by atoms with Crippen LogP contribution < -0.4 is 21.9 Å². The van der Waals surface area contributed by atoms with Crippen molar-refractivity contribution in [3.8, 4) is 0 Å². The van der Waals surface area contributed by atoms with Crippen LogP contribution in [0.5, 0.6) is 0 Å². The minimum atomic E-state index is -3.52. The number of imidazole rings is 1. The standard InChI is InChI=1S/C39H72BBrN7O9P/c1-12-21(3)23(5)25(7)27(9)39(11,28(10)26(8)24(6)22(4)13-2)44-15-17-53-19-18-52-16-14-43-38(50)56-32-31-29(20-54-58(40,51)57-31)55-35(32)48-33-30(45-36(48)41)34(49)47-37(42)46-33/h21-29,31-32,35,44,51,58H,12-20,40H2,1-11H3,(H,43,50)(H3,42,46,47,49)/t21?,22?,23?,24?,25?,26?,27?,28?,29-,31-,32?,35-,39?/m1/s1. The average Bonchev–Trinajstić information content (AvgIpc) is 3.70. The third-order valence-electron chi connectivity index (χ3n) is 14.0. The van der Waals surface area contributed by atoms with Crippen molar-refractivity contribution in [1.29, 1.82) is 0 Å². The molecular weight excluding hydrogens is 832 g/mol. The molecule has 2 aromatic heterocycles. The number of ether oxygens (including phenoxy) is 4. The third-order valence-corrected chi connectivity index (χ3v) is 16.0. The number of rotatable bonds is 22. The Morgan fingerprint density at radius 3 is 2.14 bits per heavy atom. The molecule has 6 N–H and O–H groups in total. The number of aromatic nitrogens is 4. The molecule has 1 amide bonds. The molecule has 0 radical (unpaired) electrons. The Balaban J connectivity index is 1.26. The number of anilines is 1. The number of nitrogens with two attached hydrogens (primary N) is 1. The van der Waals surface area contributed by atoms with E-state index in [1.807, 2.05) is 0 Å². The Bertz CT molecular complexity index is 1660. The molecule has 0 saturated carbocycles. The molecule has 0 spiro atoms. The van der Waals surface area contributed by atoms with E-state index in [9.17, 15) is 14.5 Å². The Hall–Kier alpha value is -1.89. The summed E-state index contributed by atoms with van der Waals surface area (Å²) in [4.78, 5) is 47.2. The number of carbonyl (C=O) groups is 1. The topological polar surface area (TPSA) is 206 Å². The van der Waals surface area contributed by atoms with Crippen LogP contribution in [0.1, 0.15) is 95.2 Å². The predicted octanol–water partition coefficient (Wildman–Crippen LogP) is 5.20. The Kier molecular flexibility index (Phi) is 17.9. The number of nitrogen functional groups attached to an aromatic ring is 1. The van der Waals surface area contributed by atoms with Crippen LogP contribution in [0, 0.1) is 47.3 Å². The van der Waals surface area contributed by atoms with Crippen molar-refractivity contribution in [2.24, 2.45) is 47.3 Å². The molecule has 0 bridgehead atoms. The molecule has 16 nitrogen and oxygen atoms in total. The van der Waals surface area contributed by atoms with Gasteiger partial charge in [-0.15, -0.1) is 0 Å². The number of carbonyl (C=O) groups excluding carboxylic acids is 1. The Labute approximate surface area is 354 Å². The fourth-order valence-electron chi connectivity index (χ4n) is 8.67. The molecular formula is C39H72BBrN7O9P. The van der Waals surface area contributed by atoms with Crippen molar-refractivity contribution in [1.82, 2.24) is 30.2 Å². The maximum atomic E-state index is 13.1. The summed E-state index contributed by atoms with van der Waals surface area (Å²) < 4.78 is 36.9. The maximum absolute atomic E-state index is 13.1. The van der Waals surface area contributed by atoms with Gasteiger partial charge in [-0.05, 0) is 54.3 Å². The van der Waals surface area contributed by atoms with Crippen LogP contribution in [0.3, 0.4) is 0 Å². The van der Waals surface area contributed by atoms with Gasteiger partial charge in [0.15, 0.2) is 0 Å². The second-order valence-electron chi connectivity index (χ2n) is 17.2. The van der Waals surface area contributed by atoms with Crippen molar-refractivity contribution in [2.75, 3.05) is 51.9 Å². The first kappa shape index (κ1) is 48.8. The fourth-order valence-corrected chi connectivity index (χ4v) is 10.5. The van der Waals surface area contributed by atoms with E-state index in [1.165, 1.54) is 25.0 Å². The van der Waals surface area contributed by atoms with Gasteiger partial charge in [0.2, 0.25) is 0 Å². The summed E-state index contributed by atoms with van der Waals surface area (Å²) in [5.41, 5.74) is 5.33. The number of amides is 1. The second kappa shape index (κ2) is 21.3. The predicted molar refractivity (Wildman–Crippen MR) is 234 cm³/mol. The van der Waals surface area contributed by atoms with Crippen LogP contribution in [-0.4, -0.2) is 108 Å². The summed E-state index contributed by atoms with van der Waals surface area (Å²) in [5, 5.41) is 6.70. The summed E-state index contributed by atoms with van der Waals surface area (Å²) in [6.45, 7) is 28.8. The number of nitrogens with one attached hydrogen (secondary N) is 3. The van der Waals surface area contributed by atoms with Crippen molar-refractivity contribution >= 4 is 54.5 Å². The number of nitrogens with zero attached hydrogens (tertiary/aromatic N) is 3. The van der Waals surface area contributed by atoms with Crippen LogP contribution in [0.2, 0.25) is 0 Å². The second-order valence-corrected chi connectivity index (χ2v) is 20.3. The SMILES string of the molecule is B[PH]1(O)OC[C@H]2O[C@@H](n3c(Br)nc4c(=O)[nH]c(N)nc43)C(OC(=O)NCCOCCOCCNC(C)(C(C)C(C)C(C)C(C)CC)C(C)C(C)C(C)C(C)CC)[C@@H]2O1. The van der Waals surface area contributed by atoms with Crippen LogP contribution in [0.15, 0.2) is 9.53 Å². The first-order valence-corrected chi connectivity index (χ1v) is 24.3. The van der Waals surface area contributed by atoms with Gasteiger partial charge in [0.1, 0.15) is 0 Å². The molecule has 0 aromatic carbocycles. The van der Waals surface area contributed by atoms with Gasteiger partial charge >= 0.3 is 195 Å². The van der Waals surface area contributed by atoms with Crippen molar-refractivity contribution in [2.45, 2.75) is 119 Å². The fraction of sp³-hybridized carbons (Fsp3) is 0.846. The van der Waals surface area contributed by atoms with Gasteiger partial charge in [0.25, 0.3) is 0 Å². The van der Waals surface area contributed by atoms with Gasteiger partial charge in [-0.3, -0.25) is 0 Å². The van der Waals surface area contributed by atoms with E-state index in [-0.39, 0.29) is 47.1 Å². The van der Waals surface area contributed by atoms with Gasteiger partial charge in [0, 0.05) is 12.1 Å². The number of hydrogen-bond acceptors (Lipinski definition) is 13. The van der Waals surface area contributed by atoms with Crippen LogP contribution >= 0.6 is 23.8 Å². The number of H-pyrrole nitrogens is 1. The molecule has 0 aliphatic carbocycles. The molecule has 2 aliphatic rings. The molecule has 2 aromatic rings. The van der Waals surface area contributed by atoms with Crippen molar-refractivity contribution < 1.29 is 37.7 Å². The molecule has 332 valence electrons. The van der Waals surface area contributed by atoms with Gasteiger partial charge in [-0.2, -0.15) is 0 Å². The molecule has 4 heterocycles. The Morgan fingerprint density at radius 1 is 1.00 bits per heavy atom. The van der Waals surface area contributed by atoms with E-state index in [2.05, 4.69) is 118 Å². The van der Waals surface area contributed by atoms with Crippen LogP contribution in [0.25, 0.3) is 11.2 Å². The molecule has 2 saturated heterocycles. The summed E-state index contributed by atoms with van der Waals surface area (Å²) in [6.07, 6.45) is -2.05. The zero-order valence-electron chi connectivity index (χ0n) is 36.8. The Morgan fingerprint density at radius 2 is 1.57 bits per heavy atom. The van der Waals surface area contributed by atoms with E-state index >= 15 is 0 Å². The van der Waals surface area contributed by atoms with E-state index in [4.69, 9.17) is 33.7 Å². The van der Waals surface area contributed by atoms with Gasteiger partial charge in [0.05, 0.1) is 6.61 Å². The third kappa shape index (κ3) is 11.5. The molecule has 4 rings (SSSR count). The summed E-state index contributed by atoms with van der Waals surface area (Å²) in [6, 6.07) is 0. The normalized spacial score (nSPS) is 26.4. The molecule has 2 aliphatic heterocycles.